The van der Waals surface area contributed by atoms with Gasteiger partial charge in [-0.2, -0.15) is 0 Å². The first kappa shape index (κ1) is 15.4. The molecule has 1 N–H and O–H groups in total. The minimum absolute atomic E-state index is 0.257. The Bertz CT molecular complexity index is 667. The van der Waals surface area contributed by atoms with Crippen LogP contribution >= 0.6 is 15.9 Å². The van der Waals surface area contributed by atoms with Crippen LogP contribution in [-0.2, 0) is 6.61 Å². The van der Waals surface area contributed by atoms with Gasteiger partial charge in [0.25, 0.3) is 0 Å². The molecule has 0 amide bonds. The summed E-state index contributed by atoms with van der Waals surface area (Å²) in [6, 6.07) is 10.5. The van der Waals surface area contributed by atoms with Crippen LogP contribution in [0.5, 0.6) is 11.5 Å². The molecule has 2 aromatic rings. The minimum atomic E-state index is -0.941. The fourth-order valence-corrected chi connectivity index (χ4v) is 2.49. The lowest BCUT2D eigenvalue weighted by Gasteiger charge is -2.11. The molecule has 0 saturated heterocycles. The Balaban J connectivity index is 2.09. The number of hydrogen-bond acceptors (Lipinski definition) is 3. The largest absolute Gasteiger partial charge is 0.496 e. The molecule has 5 heteroatoms. The molecule has 0 bridgehead atoms. The van der Waals surface area contributed by atoms with Crippen LogP contribution in [-0.4, -0.2) is 18.2 Å². The first-order valence-electron chi connectivity index (χ1n) is 6.30. The summed E-state index contributed by atoms with van der Waals surface area (Å²) in [5, 5.41) is 8.93. The Labute approximate surface area is 131 Å². The normalized spacial score (nSPS) is 10.2. The Morgan fingerprint density at radius 1 is 1.19 bits per heavy atom. The van der Waals surface area contributed by atoms with E-state index in [1.807, 2.05) is 25.1 Å². The number of methoxy groups -OCH3 is 1. The maximum absolute atomic E-state index is 10.9. The number of carbonyl (C=O) groups is 1. The van der Waals surface area contributed by atoms with Crippen molar-refractivity contribution in [1.29, 1.82) is 0 Å². The Kier molecular flexibility index (Phi) is 4.85. The van der Waals surface area contributed by atoms with Gasteiger partial charge in [-0.25, -0.2) is 4.79 Å². The zero-order chi connectivity index (χ0) is 15.4. The first-order chi connectivity index (χ1) is 10.0. The Morgan fingerprint density at radius 2 is 1.90 bits per heavy atom. The summed E-state index contributed by atoms with van der Waals surface area (Å²) in [5.41, 5.74) is 2.04. The highest BCUT2D eigenvalue weighted by molar-refractivity contribution is 9.10. The van der Waals surface area contributed by atoms with Crippen LogP contribution in [0.3, 0.4) is 0 Å². The fraction of sp³-hybridized carbons (Fsp3) is 0.188. The van der Waals surface area contributed by atoms with Crippen LogP contribution in [0.1, 0.15) is 21.5 Å². The number of aryl methyl sites for hydroxylation is 1. The summed E-state index contributed by atoms with van der Waals surface area (Å²) < 4.78 is 11.8. The maximum Gasteiger partial charge on any atom is 0.335 e. The highest BCUT2D eigenvalue weighted by Gasteiger charge is 2.07. The van der Waals surface area contributed by atoms with E-state index in [1.165, 1.54) is 6.07 Å². The van der Waals surface area contributed by atoms with Gasteiger partial charge in [0.05, 0.1) is 17.1 Å². The Hall–Kier alpha value is -2.01. The zero-order valence-corrected chi connectivity index (χ0v) is 13.3. The summed E-state index contributed by atoms with van der Waals surface area (Å²) >= 11 is 3.43. The van der Waals surface area contributed by atoms with E-state index in [1.54, 1.807) is 19.2 Å². The van der Waals surface area contributed by atoms with E-state index in [-0.39, 0.29) is 5.56 Å². The Morgan fingerprint density at radius 3 is 2.48 bits per heavy atom. The third kappa shape index (κ3) is 3.76. The molecule has 2 aromatic carbocycles. The van der Waals surface area contributed by atoms with Gasteiger partial charge in [0, 0.05) is 0 Å². The molecule has 0 aromatic heterocycles. The number of halogens is 1. The standard InChI is InChI=1S/C16H15BrO4/c1-10-7-12(16(18)19)4-6-14(10)21-9-11-3-5-15(20-2)13(17)8-11/h3-8H,9H2,1-2H3,(H,18,19). The van der Waals surface area contributed by atoms with Crippen molar-refractivity contribution < 1.29 is 19.4 Å². The number of aromatic carboxylic acids is 1. The highest BCUT2D eigenvalue weighted by Crippen LogP contribution is 2.26. The van der Waals surface area contributed by atoms with Crippen molar-refractivity contribution in [3.05, 3.63) is 57.6 Å². The van der Waals surface area contributed by atoms with Gasteiger partial charge < -0.3 is 14.6 Å². The molecule has 0 aliphatic rings. The van der Waals surface area contributed by atoms with Crippen LogP contribution in [0.15, 0.2) is 40.9 Å². The average molecular weight is 351 g/mol. The first-order valence-corrected chi connectivity index (χ1v) is 7.09. The third-order valence-corrected chi connectivity index (χ3v) is 3.65. The topological polar surface area (TPSA) is 55.8 Å². The number of benzene rings is 2. The number of rotatable bonds is 5. The van der Waals surface area contributed by atoms with Gasteiger partial charge >= 0.3 is 5.97 Å². The molecule has 0 aliphatic heterocycles. The summed E-state index contributed by atoms with van der Waals surface area (Å²) in [4.78, 5) is 10.9. The van der Waals surface area contributed by atoms with E-state index < -0.39 is 5.97 Å². The lowest BCUT2D eigenvalue weighted by molar-refractivity contribution is 0.0696. The van der Waals surface area contributed by atoms with Crippen LogP contribution in [0.2, 0.25) is 0 Å². The second-order valence-corrected chi connectivity index (χ2v) is 5.40. The van der Waals surface area contributed by atoms with Crippen LogP contribution in [0.25, 0.3) is 0 Å². The molecule has 0 fully saturated rings. The summed E-state index contributed by atoms with van der Waals surface area (Å²) in [6.45, 7) is 2.22. The van der Waals surface area contributed by atoms with Crippen molar-refractivity contribution in [2.45, 2.75) is 13.5 Å². The fourth-order valence-electron chi connectivity index (χ4n) is 1.91. The molecule has 110 valence electrons. The molecule has 0 heterocycles. The van der Waals surface area contributed by atoms with Crippen LogP contribution < -0.4 is 9.47 Å². The van der Waals surface area contributed by atoms with Crippen LogP contribution in [0.4, 0.5) is 0 Å². The van der Waals surface area contributed by atoms with Gasteiger partial charge in [0.1, 0.15) is 18.1 Å². The second-order valence-electron chi connectivity index (χ2n) is 4.54. The van der Waals surface area contributed by atoms with E-state index >= 15 is 0 Å². The van der Waals surface area contributed by atoms with Crippen molar-refractivity contribution in [3.8, 4) is 11.5 Å². The van der Waals surface area contributed by atoms with Crippen molar-refractivity contribution in [2.75, 3.05) is 7.11 Å². The van der Waals surface area contributed by atoms with Crippen molar-refractivity contribution in [2.24, 2.45) is 0 Å². The minimum Gasteiger partial charge on any atom is -0.496 e. The van der Waals surface area contributed by atoms with Gasteiger partial charge in [-0.1, -0.05) is 6.07 Å². The van der Waals surface area contributed by atoms with E-state index in [0.717, 1.165) is 21.3 Å². The quantitative estimate of drug-likeness (QED) is 0.883. The van der Waals surface area contributed by atoms with Crippen molar-refractivity contribution >= 4 is 21.9 Å². The summed E-state index contributed by atoms with van der Waals surface area (Å²) in [7, 11) is 1.61. The SMILES string of the molecule is COc1ccc(COc2ccc(C(=O)O)cc2C)cc1Br. The maximum atomic E-state index is 10.9. The van der Waals surface area contributed by atoms with Gasteiger partial charge in [-0.05, 0) is 64.3 Å². The molecule has 0 spiro atoms. The molecule has 0 atom stereocenters. The van der Waals surface area contributed by atoms with E-state index in [0.29, 0.717) is 12.4 Å². The van der Waals surface area contributed by atoms with Gasteiger partial charge in [-0.15, -0.1) is 0 Å². The smallest absolute Gasteiger partial charge is 0.335 e. The van der Waals surface area contributed by atoms with Crippen molar-refractivity contribution in [1.82, 2.24) is 0 Å². The van der Waals surface area contributed by atoms with E-state index in [2.05, 4.69) is 15.9 Å². The number of carboxylic acid groups (broad SMARTS) is 1. The summed E-state index contributed by atoms with van der Waals surface area (Å²) in [6.07, 6.45) is 0. The van der Waals surface area contributed by atoms with E-state index in [4.69, 9.17) is 14.6 Å². The monoisotopic (exact) mass is 350 g/mol. The van der Waals surface area contributed by atoms with Gasteiger partial charge in [-0.3, -0.25) is 0 Å². The molecule has 0 radical (unpaired) electrons. The highest BCUT2D eigenvalue weighted by atomic mass is 79.9. The molecule has 2 rings (SSSR count). The number of ether oxygens (including phenoxy) is 2. The number of hydrogen-bond donors (Lipinski definition) is 1. The molecule has 4 nitrogen and oxygen atoms in total. The molecule has 21 heavy (non-hydrogen) atoms. The molecule has 0 aliphatic carbocycles. The number of carboxylic acids is 1. The lowest BCUT2D eigenvalue weighted by atomic mass is 10.1. The lowest BCUT2D eigenvalue weighted by Crippen LogP contribution is -2.00. The summed E-state index contributed by atoms with van der Waals surface area (Å²) in [5.74, 6) is 0.497. The van der Waals surface area contributed by atoms with Gasteiger partial charge in [0.15, 0.2) is 0 Å². The predicted octanol–water partition coefficient (Wildman–Crippen LogP) is 4.04. The third-order valence-electron chi connectivity index (χ3n) is 3.03. The van der Waals surface area contributed by atoms with E-state index in [9.17, 15) is 4.79 Å². The average Bonchev–Trinajstić information content (AvgIpc) is 2.46. The molecular weight excluding hydrogens is 336 g/mol. The molecule has 0 saturated carbocycles. The van der Waals surface area contributed by atoms with Gasteiger partial charge in [0.2, 0.25) is 0 Å². The van der Waals surface area contributed by atoms with Crippen molar-refractivity contribution in [3.63, 3.8) is 0 Å². The predicted molar refractivity (Wildman–Crippen MR) is 83.2 cm³/mol. The molecular formula is C16H15BrO4. The molecule has 0 unspecified atom stereocenters. The zero-order valence-electron chi connectivity index (χ0n) is 11.7. The second kappa shape index (κ2) is 6.63. The van der Waals surface area contributed by atoms with Crippen LogP contribution in [0, 0.1) is 6.92 Å².